The fourth-order valence-corrected chi connectivity index (χ4v) is 1.91. The van der Waals surface area contributed by atoms with E-state index in [9.17, 15) is 14.4 Å². The normalized spacial score (nSPS) is 12.3. The predicted molar refractivity (Wildman–Crippen MR) is 90.9 cm³/mol. The minimum absolute atomic E-state index is 0.0508. The molecule has 0 heterocycles. The summed E-state index contributed by atoms with van der Waals surface area (Å²) in [6, 6.07) is 5.61. The van der Waals surface area contributed by atoms with Crippen LogP contribution in [0.4, 0.5) is 4.79 Å². The van der Waals surface area contributed by atoms with Crippen LogP contribution in [0.5, 0.6) is 0 Å². The van der Waals surface area contributed by atoms with Crippen molar-refractivity contribution in [1.29, 1.82) is 0 Å². The third-order valence-electron chi connectivity index (χ3n) is 2.99. The number of hydrogen-bond acceptors (Lipinski definition) is 4. The minimum Gasteiger partial charge on any atom is -0.480 e. The molecule has 1 unspecified atom stereocenters. The van der Waals surface area contributed by atoms with Gasteiger partial charge in [-0.05, 0) is 13.3 Å². The zero-order valence-electron chi connectivity index (χ0n) is 12.7. The Morgan fingerprint density at radius 1 is 1.21 bits per heavy atom. The molecule has 1 aromatic rings. The van der Waals surface area contributed by atoms with Crippen LogP contribution in [-0.2, 0) is 9.53 Å². The van der Waals surface area contributed by atoms with Crippen LogP contribution in [0.2, 0.25) is 0 Å². The van der Waals surface area contributed by atoms with Gasteiger partial charge in [0.25, 0.3) is 0 Å². The van der Waals surface area contributed by atoms with E-state index in [1.807, 2.05) is 6.92 Å². The van der Waals surface area contributed by atoms with Gasteiger partial charge in [-0.15, -0.1) is 0 Å². The number of carboxylic acids is 1. The molecular formula is C15H16Cl3NO5. The molecule has 0 aliphatic carbocycles. The Labute approximate surface area is 154 Å². The van der Waals surface area contributed by atoms with Gasteiger partial charge in [-0.2, -0.15) is 0 Å². The molecule has 132 valence electrons. The van der Waals surface area contributed by atoms with E-state index in [1.54, 1.807) is 24.3 Å². The maximum absolute atomic E-state index is 12.0. The van der Waals surface area contributed by atoms with E-state index in [0.717, 1.165) is 5.56 Å². The molecule has 0 fully saturated rings. The molecule has 0 aromatic heterocycles. The fraction of sp³-hybridized carbons (Fsp3) is 0.400. The van der Waals surface area contributed by atoms with E-state index >= 15 is 0 Å². The number of rotatable bonds is 7. The largest absolute Gasteiger partial charge is 0.480 e. The van der Waals surface area contributed by atoms with E-state index < -0.39 is 28.5 Å². The molecule has 2 N–H and O–H groups in total. The summed E-state index contributed by atoms with van der Waals surface area (Å²) in [7, 11) is 0. The second kappa shape index (κ2) is 9.11. The number of nitrogens with one attached hydrogen (secondary N) is 1. The lowest BCUT2D eigenvalue weighted by Crippen LogP contribution is -2.42. The van der Waals surface area contributed by atoms with Crippen molar-refractivity contribution in [3.63, 3.8) is 0 Å². The first kappa shape index (κ1) is 20.5. The molecule has 1 rings (SSSR count). The van der Waals surface area contributed by atoms with Gasteiger partial charge in [0.15, 0.2) is 5.78 Å². The molecule has 1 amide bonds. The summed E-state index contributed by atoms with van der Waals surface area (Å²) < 4.78 is 2.80. The van der Waals surface area contributed by atoms with Crippen LogP contribution >= 0.6 is 34.8 Å². The molecule has 0 aliphatic rings. The highest BCUT2D eigenvalue weighted by atomic mass is 35.6. The SMILES string of the molecule is Cc1ccc(C(=O)CCC(NC(=O)OCC(Cl)(Cl)Cl)C(=O)O)cc1. The quantitative estimate of drug-likeness (QED) is 0.543. The topological polar surface area (TPSA) is 92.7 Å². The third kappa shape index (κ3) is 7.86. The Morgan fingerprint density at radius 2 is 1.79 bits per heavy atom. The average Bonchev–Trinajstić information content (AvgIpc) is 2.48. The van der Waals surface area contributed by atoms with Crippen LogP contribution in [-0.4, -0.2) is 39.4 Å². The number of benzene rings is 1. The highest BCUT2D eigenvalue weighted by Gasteiger charge is 2.25. The number of alkyl halides is 3. The van der Waals surface area contributed by atoms with Crippen molar-refractivity contribution in [3.05, 3.63) is 35.4 Å². The summed E-state index contributed by atoms with van der Waals surface area (Å²) in [5.74, 6) is -1.52. The number of halogens is 3. The molecular weight excluding hydrogens is 381 g/mol. The third-order valence-corrected chi connectivity index (χ3v) is 3.32. The molecule has 0 radical (unpaired) electrons. The number of amides is 1. The van der Waals surface area contributed by atoms with Crippen molar-refractivity contribution < 1.29 is 24.2 Å². The van der Waals surface area contributed by atoms with Gasteiger partial charge in [-0.1, -0.05) is 64.6 Å². The average molecular weight is 397 g/mol. The Balaban J connectivity index is 2.54. The number of aliphatic carboxylic acids is 1. The molecule has 1 aromatic carbocycles. The zero-order valence-corrected chi connectivity index (χ0v) is 15.0. The van der Waals surface area contributed by atoms with Gasteiger partial charge in [-0.3, -0.25) is 4.79 Å². The van der Waals surface area contributed by atoms with Crippen molar-refractivity contribution in [2.24, 2.45) is 0 Å². The Bertz CT molecular complexity index is 598. The molecule has 0 aliphatic heterocycles. The second-order valence-electron chi connectivity index (χ2n) is 5.05. The first-order valence-corrected chi connectivity index (χ1v) is 8.04. The van der Waals surface area contributed by atoms with Crippen LogP contribution in [0.25, 0.3) is 0 Å². The van der Waals surface area contributed by atoms with Gasteiger partial charge in [0.05, 0.1) is 0 Å². The number of ether oxygens (including phenoxy) is 1. The molecule has 0 bridgehead atoms. The van der Waals surface area contributed by atoms with Crippen LogP contribution in [0, 0.1) is 6.92 Å². The number of carbonyl (C=O) groups is 3. The highest BCUT2D eigenvalue weighted by molar-refractivity contribution is 6.67. The Hall–Kier alpha value is -1.50. The summed E-state index contributed by atoms with van der Waals surface area (Å²) in [5, 5.41) is 11.2. The lowest BCUT2D eigenvalue weighted by atomic mass is 10.0. The number of aryl methyl sites for hydroxylation is 1. The van der Waals surface area contributed by atoms with Crippen molar-refractivity contribution in [3.8, 4) is 0 Å². The molecule has 1 atom stereocenters. The number of alkyl carbamates (subject to hydrolysis) is 1. The number of hydrogen-bond donors (Lipinski definition) is 2. The molecule has 0 saturated carbocycles. The maximum Gasteiger partial charge on any atom is 0.407 e. The van der Waals surface area contributed by atoms with Crippen LogP contribution in [0.3, 0.4) is 0 Å². The molecule has 6 nitrogen and oxygen atoms in total. The number of carboxylic acid groups (broad SMARTS) is 1. The Morgan fingerprint density at radius 3 is 2.29 bits per heavy atom. The first-order valence-electron chi connectivity index (χ1n) is 6.91. The minimum atomic E-state index is -1.79. The van der Waals surface area contributed by atoms with Crippen molar-refractivity contribution in [1.82, 2.24) is 5.32 Å². The fourth-order valence-electron chi connectivity index (χ4n) is 1.75. The number of ketones is 1. The second-order valence-corrected chi connectivity index (χ2v) is 7.57. The zero-order chi connectivity index (χ0) is 18.3. The summed E-state index contributed by atoms with van der Waals surface area (Å²) >= 11 is 16.3. The van der Waals surface area contributed by atoms with Gasteiger partial charge in [0.1, 0.15) is 12.6 Å². The van der Waals surface area contributed by atoms with Crippen LogP contribution in [0.1, 0.15) is 28.8 Å². The standard InChI is InChI=1S/C15H16Cl3NO5/c1-9-2-4-10(5-3-9)12(20)7-6-11(13(21)22)19-14(23)24-8-15(16,17)18/h2-5,11H,6-8H2,1H3,(H,19,23)(H,21,22). The van der Waals surface area contributed by atoms with Crippen LogP contribution < -0.4 is 5.32 Å². The van der Waals surface area contributed by atoms with Gasteiger partial charge in [0.2, 0.25) is 3.79 Å². The molecule has 0 spiro atoms. The highest BCUT2D eigenvalue weighted by Crippen LogP contribution is 2.25. The predicted octanol–water partition coefficient (Wildman–Crippen LogP) is 3.51. The number of Topliss-reactive ketones (excluding diaryl/α,β-unsaturated/α-hetero) is 1. The first-order chi connectivity index (χ1) is 11.1. The van der Waals surface area contributed by atoms with Gasteiger partial charge in [-0.25, -0.2) is 9.59 Å². The van der Waals surface area contributed by atoms with Crippen molar-refractivity contribution in [2.45, 2.75) is 29.6 Å². The molecule has 24 heavy (non-hydrogen) atoms. The van der Waals surface area contributed by atoms with E-state index in [4.69, 9.17) is 39.9 Å². The lowest BCUT2D eigenvalue weighted by Gasteiger charge is -2.16. The summed E-state index contributed by atoms with van der Waals surface area (Å²) in [4.78, 5) is 34.7. The van der Waals surface area contributed by atoms with E-state index in [0.29, 0.717) is 5.56 Å². The van der Waals surface area contributed by atoms with Gasteiger partial charge < -0.3 is 15.2 Å². The summed E-state index contributed by atoms with van der Waals surface area (Å²) in [6.45, 7) is 1.36. The van der Waals surface area contributed by atoms with Gasteiger partial charge in [0, 0.05) is 12.0 Å². The molecule has 9 heteroatoms. The monoisotopic (exact) mass is 395 g/mol. The van der Waals surface area contributed by atoms with E-state index in [2.05, 4.69) is 10.1 Å². The smallest absolute Gasteiger partial charge is 0.407 e. The molecule has 0 saturated heterocycles. The van der Waals surface area contributed by atoms with Gasteiger partial charge >= 0.3 is 12.1 Å². The summed E-state index contributed by atoms with van der Waals surface area (Å²) in [5.41, 5.74) is 1.48. The van der Waals surface area contributed by atoms with E-state index in [-0.39, 0.29) is 18.6 Å². The Kier molecular flexibility index (Phi) is 7.79. The van der Waals surface area contributed by atoms with Crippen LogP contribution in [0.15, 0.2) is 24.3 Å². The maximum atomic E-state index is 12.0. The number of carbonyl (C=O) groups excluding carboxylic acids is 2. The summed E-state index contributed by atoms with van der Waals surface area (Å²) in [6.07, 6.45) is -1.19. The van der Waals surface area contributed by atoms with Crippen molar-refractivity contribution >= 4 is 52.6 Å². The van der Waals surface area contributed by atoms with Crippen molar-refractivity contribution in [2.75, 3.05) is 6.61 Å². The van der Waals surface area contributed by atoms with E-state index in [1.165, 1.54) is 0 Å². The lowest BCUT2D eigenvalue weighted by molar-refractivity contribution is -0.139.